The van der Waals surface area contributed by atoms with Crippen LogP contribution < -0.4 is 0 Å². The van der Waals surface area contributed by atoms with E-state index in [-0.39, 0.29) is 0 Å². The van der Waals surface area contributed by atoms with E-state index in [4.69, 9.17) is 89.9 Å². The summed E-state index contributed by atoms with van der Waals surface area (Å²) in [4.78, 5) is 0. The van der Waals surface area contributed by atoms with Crippen LogP contribution in [0.2, 0.25) is 0 Å². The highest BCUT2D eigenvalue weighted by atomic mass is 35.9. The maximum atomic E-state index is 6.37. The third-order valence-corrected chi connectivity index (χ3v) is 34.5. The molecule has 0 aromatic carbocycles. The van der Waals surface area contributed by atoms with Crippen LogP contribution >= 0.6 is 127 Å². The molecule has 2 aliphatic rings. The summed E-state index contributed by atoms with van der Waals surface area (Å²) in [5.41, 5.74) is 0. The Morgan fingerprint density at radius 3 is 0.962 bits per heavy atom. The lowest BCUT2D eigenvalue weighted by Crippen LogP contribution is -1.95. The van der Waals surface area contributed by atoms with Crippen LogP contribution in [0.3, 0.4) is 0 Å². The number of nitrogens with zero attached hydrogens (tertiary/aromatic N) is 6. The molecule has 26 heavy (non-hydrogen) atoms. The molecule has 0 radical (unpaired) electrons. The average molecular weight is 640 g/mol. The minimum Gasteiger partial charge on any atom is -0.206 e. The average Bonchev–Trinajstić information content (AvgIpc) is 2.30. The summed E-state index contributed by atoms with van der Waals surface area (Å²) in [5.74, 6) is -12.6. The van der Waals surface area contributed by atoms with Gasteiger partial charge in [0.15, 0.2) is 0 Å². The second-order valence-corrected chi connectivity index (χ2v) is 34.0. The van der Waals surface area contributed by atoms with Crippen molar-refractivity contribution in [3.05, 3.63) is 0 Å². The second-order valence-electron chi connectivity index (χ2n) is 5.19. The van der Waals surface area contributed by atoms with E-state index < -0.39 is 37.4 Å². The summed E-state index contributed by atoms with van der Waals surface area (Å²) in [7, 11) is 0. The van der Waals surface area contributed by atoms with Crippen molar-refractivity contribution in [3.8, 4) is 0 Å². The molecule has 0 aliphatic carbocycles. The van der Waals surface area contributed by atoms with Gasteiger partial charge in [-0.1, -0.05) is 13.8 Å². The van der Waals surface area contributed by atoms with Gasteiger partial charge in [0, 0.05) is 12.3 Å². The molecule has 6 nitrogen and oxygen atoms in total. The van der Waals surface area contributed by atoms with Crippen molar-refractivity contribution in [2.75, 3.05) is 12.3 Å². The zero-order chi connectivity index (χ0) is 20.1. The summed E-state index contributed by atoms with van der Waals surface area (Å²) >= 11 is 50.9. The Morgan fingerprint density at radius 1 is 0.462 bits per heavy atom. The molecule has 0 bridgehead atoms. The van der Waals surface area contributed by atoms with Crippen LogP contribution in [-0.4, -0.2) is 12.3 Å². The van der Waals surface area contributed by atoms with E-state index in [0.717, 1.165) is 0 Å². The summed E-state index contributed by atoms with van der Waals surface area (Å²) < 4.78 is 26.8. The van der Waals surface area contributed by atoms with Gasteiger partial charge in [-0.05, 0) is 103 Å². The van der Waals surface area contributed by atoms with Gasteiger partial charge in [-0.2, -0.15) is 9.03 Å². The Hall–Kier alpha value is 3.70. The monoisotopic (exact) mass is 636 g/mol. The van der Waals surface area contributed by atoms with Crippen LogP contribution in [0, 0.1) is 0 Å². The zero-order valence-electron chi connectivity index (χ0n) is 13.2. The van der Waals surface area contributed by atoms with Gasteiger partial charge in [-0.25, -0.2) is 18.1 Å². The predicted octanol–water partition coefficient (Wildman–Crippen LogP) is 13.7. The molecular formula is C6H14Cl8N6P6. The molecule has 2 atom stereocenters. The molecule has 20 heteroatoms. The van der Waals surface area contributed by atoms with Gasteiger partial charge in [-0.15, -0.1) is 0 Å². The highest BCUT2D eigenvalue weighted by molar-refractivity contribution is 8.44. The van der Waals surface area contributed by atoms with Gasteiger partial charge >= 0.3 is 0 Å². The second kappa shape index (κ2) is 8.92. The Labute approximate surface area is 191 Å². The fourth-order valence-electron chi connectivity index (χ4n) is 2.41. The van der Waals surface area contributed by atoms with E-state index in [2.05, 4.69) is 27.1 Å². The lowest BCUT2D eigenvalue weighted by Gasteiger charge is -2.37. The number of hydrogen-bond acceptors (Lipinski definition) is 6. The van der Waals surface area contributed by atoms with E-state index in [9.17, 15) is 0 Å². The number of halogens is 8. The molecule has 0 saturated carbocycles. The lowest BCUT2D eigenvalue weighted by molar-refractivity contribution is 1.08. The van der Waals surface area contributed by atoms with Gasteiger partial charge < -0.3 is 0 Å². The van der Waals surface area contributed by atoms with Crippen molar-refractivity contribution in [1.82, 2.24) is 0 Å². The van der Waals surface area contributed by atoms with Crippen LogP contribution in [0.15, 0.2) is 27.1 Å². The zero-order valence-corrected chi connectivity index (χ0v) is 24.6. The predicted molar refractivity (Wildman–Crippen MR) is 133 cm³/mol. The maximum absolute atomic E-state index is 6.37. The molecule has 154 valence electrons. The molecule has 2 aliphatic heterocycles. The van der Waals surface area contributed by atoms with Gasteiger partial charge in [0.05, 0.1) is 0 Å². The third-order valence-electron chi connectivity index (χ3n) is 2.99. The smallest absolute Gasteiger partial charge is 0.206 e. The lowest BCUT2D eigenvalue weighted by atomic mass is 10.6. The number of rotatable bonds is 5. The fourth-order valence-corrected chi connectivity index (χ4v) is 51.0. The first-order valence-electron chi connectivity index (χ1n) is 7.00. The van der Waals surface area contributed by atoms with Crippen LogP contribution in [0.1, 0.15) is 26.7 Å². The topological polar surface area (TPSA) is 74.2 Å². The van der Waals surface area contributed by atoms with Gasteiger partial charge in [0.1, 0.15) is 13.8 Å². The van der Waals surface area contributed by atoms with Crippen LogP contribution in [0.5, 0.6) is 0 Å². The first-order chi connectivity index (χ1) is 11.6. The molecule has 0 aromatic heterocycles. The minimum atomic E-state index is -3.16. The molecule has 0 saturated heterocycles. The van der Waals surface area contributed by atoms with E-state index in [1.54, 1.807) is 0 Å². The van der Waals surface area contributed by atoms with Crippen LogP contribution in [-0.2, 0) is 0 Å². The summed E-state index contributed by atoms with van der Waals surface area (Å²) in [6.07, 6.45) is 2.38. The largest absolute Gasteiger partial charge is 0.256 e. The normalized spacial score (nSPS) is 36.2. The van der Waals surface area contributed by atoms with Crippen molar-refractivity contribution in [1.29, 1.82) is 0 Å². The molecule has 2 heterocycles. The Kier molecular flexibility index (Phi) is 8.90. The Balaban J connectivity index is 3.07. The molecule has 2 rings (SSSR count). The summed E-state index contributed by atoms with van der Waals surface area (Å²) in [5, 5.41) is 0. The van der Waals surface area contributed by atoms with Crippen molar-refractivity contribution in [3.63, 3.8) is 0 Å². The molecular weight excluding hydrogens is 626 g/mol. The van der Waals surface area contributed by atoms with Crippen LogP contribution in [0.25, 0.3) is 0 Å². The van der Waals surface area contributed by atoms with Crippen molar-refractivity contribution >= 4 is 127 Å². The SMILES string of the molecule is CCCP1(P2(CCC)=NP(Cl)(Cl)=NP(Cl)(Cl)=N2)=NP(Cl)(Cl)=NP(Cl)(Cl)=N1. The highest BCUT2D eigenvalue weighted by Gasteiger charge is 2.47. The minimum absolute atomic E-state index is 0.493. The summed E-state index contributed by atoms with van der Waals surface area (Å²) in [6, 6.07) is 0. The molecule has 0 N–H and O–H groups in total. The standard InChI is InChI=1S/C6H14Cl8N6P6/c1-3-5-21(15-23(7,8)19-24(9,10)16-21)22(6-4-2)17-25(11,12)20-26(13,14)18-22/h3-6H2,1-2H3. The Bertz CT molecular complexity index is 838. The molecule has 0 aromatic rings. The molecule has 2 unspecified atom stereocenters. The van der Waals surface area contributed by atoms with E-state index >= 15 is 0 Å². The maximum Gasteiger partial charge on any atom is 0.256 e. The van der Waals surface area contributed by atoms with Crippen molar-refractivity contribution < 1.29 is 0 Å². The Morgan fingerprint density at radius 2 is 0.731 bits per heavy atom. The van der Waals surface area contributed by atoms with Crippen molar-refractivity contribution in [2.45, 2.75) is 26.7 Å². The molecule has 0 amide bonds. The van der Waals surface area contributed by atoms with Crippen LogP contribution in [0.4, 0.5) is 0 Å². The molecule has 0 fully saturated rings. The van der Waals surface area contributed by atoms with E-state index in [1.165, 1.54) is 0 Å². The van der Waals surface area contributed by atoms with Crippen molar-refractivity contribution in [2.24, 2.45) is 27.1 Å². The summed E-state index contributed by atoms with van der Waals surface area (Å²) in [6.45, 7) is -1.77. The molecule has 0 spiro atoms. The first-order valence-corrected chi connectivity index (χ1v) is 25.5. The van der Waals surface area contributed by atoms with Gasteiger partial charge in [0.25, 0.3) is 23.6 Å². The number of hydrogen-bond donors (Lipinski definition) is 0. The van der Waals surface area contributed by atoms with Gasteiger partial charge in [0.2, 0.25) is 0 Å². The quantitative estimate of drug-likeness (QED) is 0.269. The fraction of sp³-hybridized carbons (Fsp3) is 1.00. The van der Waals surface area contributed by atoms with Gasteiger partial charge in [-0.3, -0.25) is 0 Å². The third kappa shape index (κ3) is 6.14. The first kappa shape index (κ1) is 26.0. The van der Waals surface area contributed by atoms with E-state index in [0.29, 0.717) is 25.2 Å². The van der Waals surface area contributed by atoms with E-state index in [1.807, 2.05) is 13.8 Å². The highest BCUT2D eigenvalue weighted by Crippen LogP contribution is 3.02.